The van der Waals surface area contributed by atoms with E-state index in [0.717, 1.165) is 6.42 Å². The molecule has 2 rings (SSSR count). The standard InChI is InChI=1S/C16H27N3O3/c1-11(2)4-5-17-15(21)13-10-14(13)16(22)19-8-6-18(7-9-19)12(3)20/h11,13-14H,4-10H2,1-3H3,(H,17,21). The number of carbonyl (C=O) groups excluding carboxylic acids is 3. The van der Waals surface area contributed by atoms with Crippen LogP contribution < -0.4 is 5.32 Å². The molecular formula is C16H27N3O3. The van der Waals surface area contributed by atoms with Gasteiger partial charge in [0.05, 0.1) is 11.8 Å². The normalized spacial score (nSPS) is 24.4. The van der Waals surface area contributed by atoms with Crippen molar-refractivity contribution < 1.29 is 14.4 Å². The van der Waals surface area contributed by atoms with Gasteiger partial charge in [-0.15, -0.1) is 0 Å². The van der Waals surface area contributed by atoms with Crippen molar-refractivity contribution in [2.75, 3.05) is 32.7 Å². The molecule has 2 unspecified atom stereocenters. The lowest BCUT2D eigenvalue weighted by Crippen LogP contribution is -2.50. The van der Waals surface area contributed by atoms with Gasteiger partial charge in [-0.2, -0.15) is 0 Å². The maximum atomic E-state index is 12.4. The first-order valence-electron chi connectivity index (χ1n) is 8.22. The van der Waals surface area contributed by atoms with E-state index in [-0.39, 0.29) is 29.6 Å². The quantitative estimate of drug-likeness (QED) is 0.803. The first kappa shape index (κ1) is 16.8. The molecule has 2 fully saturated rings. The van der Waals surface area contributed by atoms with E-state index in [0.29, 0.717) is 45.1 Å². The largest absolute Gasteiger partial charge is 0.356 e. The van der Waals surface area contributed by atoms with Gasteiger partial charge in [0.2, 0.25) is 17.7 Å². The number of hydrogen-bond acceptors (Lipinski definition) is 3. The first-order valence-corrected chi connectivity index (χ1v) is 8.22. The average molecular weight is 309 g/mol. The van der Waals surface area contributed by atoms with Crippen LogP contribution in [0.2, 0.25) is 0 Å². The number of carbonyl (C=O) groups is 3. The van der Waals surface area contributed by atoms with Crippen LogP contribution in [0.4, 0.5) is 0 Å². The number of rotatable bonds is 5. The molecule has 22 heavy (non-hydrogen) atoms. The molecule has 1 saturated heterocycles. The van der Waals surface area contributed by atoms with E-state index in [9.17, 15) is 14.4 Å². The average Bonchev–Trinajstić information content (AvgIpc) is 3.26. The summed E-state index contributed by atoms with van der Waals surface area (Å²) in [6, 6.07) is 0. The van der Waals surface area contributed by atoms with Crippen LogP contribution in [0.5, 0.6) is 0 Å². The summed E-state index contributed by atoms with van der Waals surface area (Å²) in [4.78, 5) is 39.2. The van der Waals surface area contributed by atoms with E-state index in [1.807, 2.05) is 0 Å². The topological polar surface area (TPSA) is 69.7 Å². The molecule has 2 aliphatic rings. The van der Waals surface area contributed by atoms with Gasteiger partial charge in [-0.05, 0) is 18.8 Å². The fourth-order valence-corrected chi connectivity index (χ4v) is 2.85. The summed E-state index contributed by atoms with van der Waals surface area (Å²) in [7, 11) is 0. The van der Waals surface area contributed by atoms with Crippen LogP contribution in [0, 0.1) is 17.8 Å². The minimum Gasteiger partial charge on any atom is -0.356 e. The monoisotopic (exact) mass is 309 g/mol. The molecule has 6 heteroatoms. The lowest BCUT2D eigenvalue weighted by atomic mass is 10.1. The van der Waals surface area contributed by atoms with Crippen LogP contribution in [-0.4, -0.2) is 60.2 Å². The number of nitrogens with one attached hydrogen (secondary N) is 1. The number of amides is 3. The zero-order valence-electron chi connectivity index (χ0n) is 13.8. The summed E-state index contributed by atoms with van der Waals surface area (Å²) in [6.07, 6.45) is 1.63. The summed E-state index contributed by atoms with van der Waals surface area (Å²) >= 11 is 0. The molecule has 0 spiro atoms. The van der Waals surface area contributed by atoms with Crippen molar-refractivity contribution in [3.8, 4) is 0 Å². The number of piperazine rings is 1. The zero-order chi connectivity index (χ0) is 16.3. The number of hydrogen-bond donors (Lipinski definition) is 1. The van der Waals surface area contributed by atoms with Crippen LogP contribution in [0.3, 0.4) is 0 Å². The van der Waals surface area contributed by atoms with E-state index in [1.54, 1.807) is 16.7 Å². The molecule has 1 aliphatic heterocycles. The minimum absolute atomic E-state index is 0.0152. The van der Waals surface area contributed by atoms with Crippen LogP contribution in [0.25, 0.3) is 0 Å². The van der Waals surface area contributed by atoms with Crippen molar-refractivity contribution in [1.29, 1.82) is 0 Å². The number of nitrogens with zero attached hydrogens (tertiary/aromatic N) is 2. The van der Waals surface area contributed by atoms with Crippen LogP contribution in [-0.2, 0) is 14.4 Å². The molecule has 0 aromatic rings. The predicted molar refractivity (Wildman–Crippen MR) is 82.9 cm³/mol. The third kappa shape index (κ3) is 4.21. The van der Waals surface area contributed by atoms with Crippen LogP contribution in [0.15, 0.2) is 0 Å². The summed E-state index contributed by atoms with van der Waals surface area (Å²) in [6.45, 7) is 8.83. The third-order valence-electron chi connectivity index (χ3n) is 4.50. The highest BCUT2D eigenvalue weighted by Gasteiger charge is 2.49. The fourth-order valence-electron chi connectivity index (χ4n) is 2.85. The van der Waals surface area contributed by atoms with Gasteiger partial charge in [0, 0.05) is 39.6 Å². The molecule has 6 nitrogen and oxygen atoms in total. The Bertz CT molecular complexity index is 442. The fraction of sp³-hybridized carbons (Fsp3) is 0.812. The summed E-state index contributed by atoms with van der Waals surface area (Å²) in [5.41, 5.74) is 0. The van der Waals surface area contributed by atoms with Gasteiger partial charge >= 0.3 is 0 Å². The molecular weight excluding hydrogens is 282 g/mol. The Labute approximate surface area is 132 Å². The lowest BCUT2D eigenvalue weighted by Gasteiger charge is -2.34. The second kappa shape index (κ2) is 7.11. The zero-order valence-corrected chi connectivity index (χ0v) is 13.8. The van der Waals surface area contributed by atoms with Crippen molar-refractivity contribution in [3.63, 3.8) is 0 Å². The minimum atomic E-state index is -0.150. The van der Waals surface area contributed by atoms with Crippen molar-refractivity contribution in [3.05, 3.63) is 0 Å². The molecule has 2 atom stereocenters. The maximum Gasteiger partial charge on any atom is 0.226 e. The second-order valence-electron chi connectivity index (χ2n) is 6.75. The summed E-state index contributed by atoms with van der Waals surface area (Å²) in [5.74, 6) is 0.414. The molecule has 0 bridgehead atoms. The smallest absolute Gasteiger partial charge is 0.226 e. The van der Waals surface area contributed by atoms with Crippen molar-refractivity contribution >= 4 is 17.7 Å². The highest BCUT2D eigenvalue weighted by molar-refractivity contribution is 5.92. The molecule has 0 radical (unpaired) electrons. The van der Waals surface area contributed by atoms with Gasteiger partial charge in [-0.3, -0.25) is 14.4 Å². The molecule has 1 saturated carbocycles. The van der Waals surface area contributed by atoms with E-state index in [1.165, 1.54) is 0 Å². The maximum absolute atomic E-state index is 12.4. The van der Waals surface area contributed by atoms with Gasteiger partial charge in [0.25, 0.3) is 0 Å². The molecule has 1 N–H and O–H groups in total. The van der Waals surface area contributed by atoms with Gasteiger partial charge < -0.3 is 15.1 Å². The van der Waals surface area contributed by atoms with E-state index in [4.69, 9.17) is 0 Å². The molecule has 0 aromatic heterocycles. The Morgan fingerprint density at radius 3 is 2.18 bits per heavy atom. The molecule has 1 aliphatic carbocycles. The van der Waals surface area contributed by atoms with Crippen molar-refractivity contribution in [1.82, 2.24) is 15.1 Å². The molecule has 3 amide bonds. The Morgan fingerprint density at radius 2 is 1.64 bits per heavy atom. The van der Waals surface area contributed by atoms with Gasteiger partial charge in [0.1, 0.15) is 0 Å². The van der Waals surface area contributed by atoms with Crippen molar-refractivity contribution in [2.24, 2.45) is 17.8 Å². The Kier molecular flexibility index (Phi) is 5.42. The predicted octanol–water partition coefficient (Wildman–Crippen LogP) is 0.476. The summed E-state index contributed by atoms with van der Waals surface area (Å²) < 4.78 is 0. The van der Waals surface area contributed by atoms with Gasteiger partial charge in [-0.25, -0.2) is 0 Å². The van der Waals surface area contributed by atoms with Gasteiger partial charge in [0.15, 0.2) is 0 Å². The molecule has 124 valence electrons. The Morgan fingerprint density at radius 1 is 1.05 bits per heavy atom. The van der Waals surface area contributed by atoms with Crippen LogP contribution >= 0.6 is 0 Å². The highest BCUT2D eigenvalue weighted by atomic mass is 16.2. The van der Waals surface area contributed by atoms with Crippen LogP contribution in [0.1, 0.15) is 33.6 Å². The lowest BCUT2D eigenvalue weighted by molar-refractivity contribution is -0.140. The van der Waals surface area contributed by atoms with E-state index < -0.39 is 0 Å². The Hall–Kier alpha value is -1.59. The van der Waals surface area contributed by atoms with E-state index in [2.05, 4.69) is 19.2 Å². The highest BCUT2D eigenvalue weighted by Crippen LogP contribution is 2.40. The third-order valence-corrected chi connectivity index (χ3v) is 4.50. The SMILES string of the molecule is CC(=O)N1CCN(C(=O)C2CC2C(=O)NCCC(C)C)CC1. The van der Waals surface area contributed by atoms with Gasteiger partial charge in [-0.1, -0.05) is 13.8 Å². The second-order valence-corrected chi connectivity index (χ2v) is 6.75. The molecule has 1 heterocycles. The van der Waals surface area contributed by atoms with Crippen molar-refractivity contribution in [2.45, 2.75) is 33.6 Å². The summed E-state index contributed by atoms with van der Waals surface area (Å²) in [5, 5.41) is 2.92. The Balaban J connectivity index is 1.72. The van der Waals surface area contributed by atoms with E-state index >= 15 is 0 Å². The molecule has 0 aromatic carbocycles. The first-order chi connectivity index (χ1) is 10.4.